The van der Waals surface area contributed by atoms with E-state index in [2.05, 4.69) is 9.97 Å². The molecule has 4 aromatic rings. The molecule has 0 aliphatic carbocycles. The van der Waals surface area contributed by atoms with E-state index in [1.807, 2.05) is 18.4 Å². The quantitative estimate of drug-likeness (QED) is 0.173. The molecule has 4 heterocycles. The van der Waals surface area contributed by atoms with Crippen molar-refractivity contribution in [3.05, 3.63) is 104 Å². The molecule has 2 aliphatic heterocycles. The van der Waals surface area contributed by atoms with E-state index in [1.165, 1.54) is 24.3 Å². The van der Waals surface area contributed by atoms with Crippen molar-refractivity contribution in [3.63, 3.8) is 0 Å². The summed E-state index contributed by atoms with van der Waals surface area (Å²) < 4.78 is 92.6. The first-order valence-corrected chi connectivity index (χ1v) is 16.2. The van der Waals surface area contributed by atoms with Crippen LogP contribution >= 0.6 is 23.2 Å². The van der Waals surface area contributed by atoms with Crippen molar-refractivity contribution in [3.8, 4) is 11.5 Å². The van der Waals surface area contributed by atoms with Crippen molar-refractivity contribution < 1.29 is 55.6 Å². The maximum absolute atomic E-state index is 13.2. The Kier molecular flexibility index (Phi) is 11.0. The molecule has 0 bridgehead atoms. The molecule has 0 radical (unpaired) electrons. The number of aromatic nitrogens is 4. The van der Waals surface area contributed by atoms with Gasteiger partial charge in [-0.3, -0.25) is 0 Å². The molecule has 2 N–H and O–H groups in total. The summed E-state index contributed by atoms with van der Waals surface area (Å²) in [6, 6.07) is 5.56. The monoisotopic (exact) mass is 772 g/mol. The zero-order valence-corrected chi connectivity index (χ0v) is 28.6. The first-order chi connectivity index (χ1) is 24.4. The molecule has 18 heteroatoms. The zero-order valence-electron chi connectivity index (χ0n) is 27.1. The standard InChI is InChI=1S/2C17H14ClF3N2O3/c1-2-14-22-3-4-23(14)8-10-7-13-9(6-12(10)18)5-11(16(24)25)15(26-13)17(19,20)21;1-2-14-22-5-6-23(14)8-11-9-7-10(16(24)25)15(17(19,20)21)26-13(9)4-3-12(11)18/h2*3-7,15H,2,8H2,1H3,(H,24,25). The van der Waals surface area contributed by atoms with Crippen molar-refractivity contribution in [2.24, 2.45) is 0 Å². The Balaban J connectivity index is 0.000000201. The predicted molar refractivity (Wildman–Crippen MR) is 176 cm³/mol. The highest BCUT2D eigenvalue weighted by molar-refractivity contribution is 6.32. The van der Waals surface area contributed by atoms with E-state index >= 15 is 0 Å². The van der Waals surface area contributed by atoms with Crippen LogP contribution in [0, 0.1) is 0 Å². The highest BCUT2D eigenvalue weighted by atomic mass is 35.5. The molecule has 0 amide bonds. The summed E-state index contributed by atoms with van der Waals surface area (Å²) >= 11 is 12.5. The maximum Gasteiger partial charge on any atom is 0.430 e. The van der Waals surface area contributed by atoms with Gasteiger partial charge in [0.1, 0.15) is 23.1 Å². The highest BCUT2D eigenvalue weighted by Crippen LogP contribution is 2.42. The average molecular weight is 774 g/mol. The first kappa shape index (κ1) is 38.3. The summed E-state index contributed by atoms with van der Waals surface area (Å²) in [5.74, 6) is -1.93. The molecule has 0 spiro atoms. The molecule has 276 valence electrons. The summed E-state index contributed by atoms with van der Waals surface area (Å²) in [6.07, 6.45) is -4.76. The Bertz CT molecular complexity index is 2070. The lowest BCUT2D eigenvalue weighted by molar-refractivity contribution is -0.187. The normalized spacial score (nSPS) is 16.7. The van der Waals surface area contributed by atoms with Gasteiger partial charge in [0.2, 0.25) is 12.2 Å². The fourth-order valence-corrected chi connectivity index (χ4v) is 6.08. The van der Waals surface area contributed by atoms with Crippen LogP contribution in [0.1, 0.15) is 47.8 Å². The van der Waals surface area contributed by atoms with Crippen LogP contribution in [-0.4, -0.2) is 65.8 Å². The number of aliphatic carboxylic acids is 2. The number of aryl methyl sites for hydroxylation is 2. The van der Waals surface area contributed by atoms with Gasteiger partial charge in [-0.05, 0) is 42.0 Å². The van der Waals surface area contributed by atoms with Gasteiger partial charge in [-0.2, -0.15) is 26.3 Å². The van der Waals surface area contributed by atoms with Gasteiger partial charge >= 0.3 is 24.3 Å². The summed E-state index contributed by atoms with van der Waals surface area (Å²) in [5.41, 5.74) is -0.321. The van der Waals surface area contributed by atoms with Gasteiger partial charge in [-0.25, -0.2) is 19.6 Å². The van der Waals surface area contributed by atoms with Gasteiger partial charge in [0.25, 0.3) is 0 Å². The van der Waals surface area contributed by atoms with E-state index in [0.717, 1.165) is 23.8 Å². The van der Waals surface area contributed by atoms with Gasteiger partial charge in [-0.1, -0.05) is 37.0 Å². The molecular weight excluding hydrogens is 745 g/mol. The second kappa shape index (κ2) is 14.9. The topological polar surface area (TPSA) is 129 Å². The Morgan fingerprint density at radius 2 is 1.29 bits per heavy atom. The molecule has 2 unspecified atom stereocenters. The summed E-state index contributed by atoms with van der Waals surface area (Å²) in [7, 11) is 0. The molecule has 52 heavy (non-hydrogen) atoms. The van der Waals surface area contributed by atoms with Crippen LogP contribution in [0.2, 0.25) is 10.0 Å². The van der Waals surface area contributed by atoms with Gasteiger partial charge in [0, 0.05) is 64.4 Å². The van der Waals surface area contributed by atoms with Crippen LogP contribution < -0.4 is 9.47 Å². The van der Waals surface area contributed by atoms with Crippen LogP contribution in [0.5, 0.6) is 11.5 Å². The summed E-state index contributed by atoms with van der Waals surface area (Å²) in [5, 5.41) is 18.9. The Labute approximate surface area is 301 Å². The Morgan fingerprint density at radius 3 is 1.81 bits per heavy atom. The molecule has 6 rings (SSSR count). The van der Waals surface area contributed by atoms with Crippen LogP contribution in [0.15, 0.2) is 60.2 Å². The number of imidazole rings is 2. The van der Waals surface area contributed by atoms with Crippen LogP contribution in [0.25, 0.3) is 12.2 Å². The fraction of sp³-hybridized carbons (Fsp3) is 0.294. The molecule has 2 aliphatic rings. The number of nitrogens with zero attached hydrogens (tertiary/aromatic N) is 4. The number of halogens is 8. The lowest BCUT2D eigenvalue weighted by Gasteiger charge is -2.28. The molecule has 2 aromatic heterocycles. The second-order valence-corrected chi connectivity index (χ2v) is 12.3. The number of rotatable bonds is 8. The highest BCUT2D eigenvalue weighted by Gasteiger charge is 2.49. The van der Waals surface area contributed by atoms with Crippen molar-refractivity contribution in [1.29, 1.82) is 0 Å². The minimum absolute atomic E-state index is 0.0603. The van der Waals surface area contributed by atoms with Crippen molar-refractivity contribution in [1.82, 2.24) is 19.1 Å². The number of fused-ring (bicyclic) bond motifs is 2. The van der Waals surface area contributed by atoms with Crippen molar-refractivity contribution >= 4 is 47.3 Å². The summed E-state index contributed by atoms with van der Waals surface area (Å²) in [4.78, 5) is 30.9. The molecule has 2 aromatic carbocycles. The van der Waals surface area contributed by atoms with E-state index in [1.54, 1.807) is 29.4 Å². The van der Waals surface area contributed by atoms with Gasteiger partial charge < -0.3 is 28.8 Å². The van der Waals surface area contributed by atoms with E-state index in [0.29, 0.717) is 40.6 Å². The smallest absolute Gasteiger partial charge is 0.430 e. The average Bonchev–Trinajstić information content (AvgIpc) is 3.73. The third-order valence-electron chi connectivity index (χ3n) is 8.10. The van der Waals surface area contributed by atoms with Crippen LogP contribution in [0.3, 0.4) is 0 Å². The predicted octanol–water partition coefficient (Wildman–Crippen LogP) is 7.88. The minimum Gasteiger partial charge on any atom is -0.478 e. The number of hydrogen-bond acceptors (Lipinski definition) is 6. The number of alkyl halides is 6. The number of hydrogen-bond donors (Lipinski definition) is 2. The van der Waals surface area contributed by atoms with Crippen molar-refractivity contribution in [2.45, 2.75) is 64.3 Å². The van der Waals surface area contributed by atoms with E-state index < -0.39 is 47.6 Å². The number of ether oxygens (including phenoxy) is 2. The van der Waals surface area contributed by atoms with E-state index in [4.69, 9.17) is 37.8 Å². The minimum atomic E-state index is -4.85. The molecule has 0 fully saturated rings. The maximum atomic E-state index is 13.2. The number of carboxylic acids is 2. The summed E-state index contributed by atoms with van der Waals surface area (Å²) in [6.45, 7) is 4.39. The molecule has 0 saturated carbocycles. The number of carbonyl (C=O) groups is 2. The van der Waals surface area contributed by atoms with Crippen LogP contribution in [-0.2, 0) is 35.5 Å². The third-order valence-corrected chi connectivity index (χ3v) is 8.80. The molecule has 2 atom stereocenters. The zero-order chi connectivity index (χ0) is 38.1. The molecule has 0 saturated heterocycles. The second-order valence-electron chi connectivity index (χ2n) is 11.5. The molecule has 10 nitrogen and oxygen atoms in total. The number of benzene rings is 2. The number of carboxylic acid groups (broad SMARTS) is 2. The third kappa shape index (κ3) is 8.07. The lowest BCUT2D eigenvalue weighted by atomic mass is 9.97. The largest absolute Gasteiger partial charge is 0.478 e. The Hall–Kier alpha value is -4.96. The molecular formula is C34H28Cl2F6N4O6. The van der Waals surface area contributed by atoms with Crippen LogP contribution in [0.4, 0.5) is 26.3 Å². The van der Waals surface area contributed by atoms with E-state index in [-0.39, 0.29) is 29.2 Å². The van der Waals surface area contributed by atoms with Gasteiger partial charge in [0.15, 0.2) is 0 Å². The Morgan fingerprint density at radius 1 is 0.769 bits per heavy atom. The lowest BCUT2D eigenvalue weighted by Crippen LogP contribution is -2.40. The van der Waals surface area contributed by atoms with Gasteiger partial charge in [0.05, 0.1) is 24.2 Å². The first-order valence-electron chi connectivity index (χ1n) is 15.4. The van der Waals surface area contributed by atoms with Gasteiger partial charge in [-0.15, -0.1) is 0 Å². The fourth-order valence-electron chi connectivity index (χ4n) is 5.63. The van der Waals surface area contributed by atoms with E-state index in [9.17, 15) is 41.0 Å². The van der Waals surface area contributed by atoms with Crippen molar-refractivity contribution in [2.75, 3.05) is 0 Å². The SMILES string of the molecule is CCc1nccn1Cc1c(Cl)ccc2c1C=C(C(=O)O)C(C(F)(F)F)O2.CCc1nccn1Cc1cc2c(cc1Cl)C=C(C(=O)O)C(C(F)(F)F)O2.